The highest BCUT2D eigenvalue weighted by molar-refractivity contribution is 7.17. The van der Waals surface area contributed by atoms with E-state index in [2.05, 4.69) is 15.0 Å². The summed E-state index contributed by atoms with van der Waals surface area (Å²) >= 11 is 1.14. The Morgan fingerprint density at radius 1 is 1.39 bits per heavy atom. The van der Waals surface area contributed by atoms with Crippen LogP contribution in [0.3, 0.4) is 0 Å². The summed E-state index contributed by atoms with van der Waals surface area (Å²) in [4.78, 5) is 27.6. The number of methoxy groups -OCH3 is 1. The molecule has 1 fully saturated rings. The summed E-state index contributed by atoms with van der Waals surface area (Å²) in [5.74, 6) is -0.324. The lowest BCUT2D eigenvalue weighted by Crippen LogP contribution is -2.24. The van der Waals surface area contributed by atoms with Crippen molar-refractivity contribution in [2.24, 2.45) is 5.92 Å². The molecule has 0 bridgehead atoms. The van der Waals surface area contributed by atoms with Crippen LogP contribution < -0.4 is 5.32 Å². The van der Waals surface area contributed by atoms with Gasteiger partial charge in [-0.25, -0.2) is 9.78 Å². The Hall–Kier alpha value is -1.43. The molecule has 1 saturated carbocycles. The predicted molar refractivity (Wildman–Crippen MR) is 68.7 cm³/mol. The van der Waals surface area contributed by atoms with Crippen LogP contribution in [-0.4, -0.2) is 24.0 Å². The molecule has 1 aliphatic rings. The van der Waals surface area contributed by atoms with Crippen LogP contribution >= 0.6 is 11.3 Å². The molecule has 1 aromatic rings. The van der Waals surface area contributed by atoms with Gasteiger partial charge in [0.1, 0.15) is 4.88 Å². The van der Waals surface area contributed by atoms with Crippen molar-refractivity contribution in [1.29, 1.82) is 0 Å². The van der Waals surface area contributed by atoms with E-state index in [0.717, 1.165) is 37.0 Å². The Kier molecular flexibility index (Phi) is 4.30. The molecule has 0 atom stereocenters. The molecule has 98 valence electrons. The van der Waals surface area contributed by atoms with E-state index in [1.165, 1.54) is 19.7 Å². The van der Waals surface area contributed by atoms with Gasteiger partial charge >= 0.3 is 5.97 Å². The smallest absolute Gasteiger partial charge is 0.349 e. The Labute approximate surface area is 110 Å². The van der Waals surface area contributed by atoms with Crippen LogP contribution in [0.5, 0.6) is 0 Å². The molecule has 1 aliphatic carbocycles. The summed E-state index contributed by atoms with van der Waals surface area (Å²) in [6.45, 7) is 0. The maximum absolute atomic E-state index is 12.0. The molecule has 5 nitrogen and oxygen atoms in total. The van der Waals surface area contributed by atoms with Crippen molar-refractivity contribution >= 4 is 28.3 Å². The standard InChI is InChI=1S/C12H16N2O3S/c1-17-11(16)9-7-13-12(18-9)14-10(15)8-5-3-2-4-6-8/h7-8H,2-6H2,1H3,(H,13,14,15). The number of amides is 1. The second-order valence-corrected chi connectivity index (χ2v) is 5.38. The highest BCUT2D eigenvalue weighted by Crippen LogP contribution is 2.26. The van der Waals surface area contributed by atoms with Crippen molar-refractivity contribution in [2.75, 3.05) is 12.4 Å². The number of thiazole rings is 1. The fourth-order valence-electron chi connectivity index (χ4n) is 2.10. The first-order valence-corrected chi connectivity index (χ1v) is 6.87. The van der Waals surface area contributed by atoms with E-state index < -0.39 is 5.97 Å². The third-order valence-electron chi connectivity index (χ3n) is 3.10. The average Bonchev–Trinajstić information content (AvgIpc) is 2.87. The minimum atomic E-state index is -0.425. The summed E-state index contributed by atoms with van der Waals surface area (Å²) in [5, 5.41) is 3.24. The molecule has 0 saturated heterocycles. The number of nitrogens with one attached hydrogen (secondary N) is 1. The van der Waals surface area contributed by atoms with Crippen LogP contribution in [0.15, 0.2) is 6.20 Å². The van der Waals surface area contributed by atoms with Gasteiger partial charge in [-0.2, -0.15) is 0 Å². The lowest BCUT2D eigenvalue weighted by molar-refractivity contribution is -0.120. The molecule has 0 unspecified atom stereocenters. The fourth-order valence-corrected chi connectivity index (χ4v) is 2.84. The number of carbonyl (C=O) groups excluding carboxylic acids is 2. The number of ether oxygens (including phenoxy) is 1. The number of carbonyl (C=O) groups is 2. The number of hydrogen-bond acceptors (Lipinski definition) is 5. The number of rotatable bonds is 3. The summed E-state index contributed by atoms with van der Waals surface area (Å²) in [6.07, 6.45) is 6.76. The monoisotopic (exact) mass is 268 g/mol. The highest BCUT2D eigenvalue weighted by Gasteiger charge is 2.22. The summed E-state index contributed by atoms with van der Waals surface area (Å²) < 4.78 is 4.59. The topological polar surface area (TPSA) is 68.3 Å². The van der Waals surface area contributed by atoms with Crippen molar-refractivity contribution in [2.45, 2.75) is 32.1 Å². The van der Waals surface area contributed by atoms with E-state index >= 15 is 0 Å². The van der Waals surface area contributed by atoms with E-state index in [1.807, 2.05) is 0 Å². The van der Waals surface area contributed by atoms with Crippen molar-refractivity contribution in [3.05, 3.63) is 11.1 Å². The number of esters is 1. The second-order valence-electron chi connectivity index (χ2n) is 4.35. The van der Waals surface area contributed by atoms with Gasteiger partial charge in [0.25, 0.3) is 0 Å². The molecule has 1 N–H and O–H groups in total. The highest BCUT2D eigenvalue weighted by atomic mass is 32.1. The van der Waals surface area contributed by atoms with Crippen LogP contribution in [0.25, 0.3) is 0 Å². The molecule has 0 aromatic carbocycles. The molecule has 1 heterocycles. The Balaban J connectivity index is 1.94. The number of anilines is 1. The molecule has 6 heteroatoms. The number of nitrogens with zero attached hydrogens (tertiary/aromatic N) is 1. The predicted octanol–water partition coefficient (Wildman–Crippen LogP) is 2.45. The zero-order valence-electron chi connectivity index (χ0n) is 10.3. The van der Waals surface area contributed by atoms with Gasteiger partial charge in [0, 0.05) is 5.92 Å². The van der Waals surface area contributed by atoms with E-state index in [0.29, 0.717) is 10.0 Å². The third kappa shape index (κ3) is 3.07. The van der Waals surface area contributed by atoms with Gasteiger partial charge < -0.3 is 10.1 Å². The van der Waals surface area contributed by atoms with E-state index in [9.17, 15) is 9.59 Å². The molecule has 0 spiro atoms. The van der Waals surface area contributed by atoms with Gasteiger partial charge in [0.15, 0.2) is 5.13 Å². The molecular weight excluding hydrogens is 252 g/mol. The second kappa shape index (κ2) is 5.95. The van der Waals surface area contributed by atoms with Crippen LogP contribution in [-0.2, 0) is 9.53 Å². The Morgan fingerprint density at radius 3 is 2.78 bits per heavy atom. The molecule has 1 aromatic heterocycles. The minimum Gasteiger partial charge on any atom is -0.465 e. The lowest BCUT2D eigenvalue weighted by atomic mass is 9.89. The summed E-state index contributed by atoms with van der Waals surface area (Å²) in [6, 6.07) is 0. The molecule has 18 heavy (non-hydrogen) atoms. The summed E-state index contributed by atoms with van der Waals surface area (Å²) in [5.41, 5.74) is 0. The third-order valence-corrected chi connectivity index (χ3v) is 3.99. The Bertz CT molecular complexity index is 438. The van der Waals surface area contributed by atoms with Crippen molar-refractivity contribution in [1.82, 2.24) is 4.98 Å². The quantitative estimate of drug-likeness (QED) is 0.855. The molecule has 1 amide bonds. The van der Waals surface area contributed by atoms with E-state index in [4.69, 9.17) is 0 Å². The first kappa shape index (κ1) is 13.0. The van der Waals surface area contributed by atoms with Gasteiger partial charge in [0.2, 0.25) is 5.91 Å². The van der Waals surface area contributed by atoms with Crippen LogP contribution in [0.4, 0.5) is 5.13 Å². The number of hydrogen-bond donors (Lipinski definition) is 1. The normalized spacial score (nSPS) is 16.3. The minimum absolute atomic E-state index is 0.0143. The number of aromatic nitrogens is 1. The van der Waals surface area contributed by atoms with Gasteiger partial charge in [0.05, 0.1) is 13.3 Å². The summed E-state index contributed by atoms with van der Waals surface area (Å²) in [7, 11) is 1.32. The zero-order chi connectivity index (χ0) is 13.0. The van der Waals surface area contributed by atoms with Gasteiger partial charge in [-0.1, -0.05) is 30.6 Å². The van der Waals surface area contributed by atoms with E-state index in [1.54, 1.807) is 0 Å². The maximum Gasteiger partial charge on any atom is 0.349 e. The SMILES string of the molecule is COC(=O)c1cnc(NC(=O)C2CCCCC2)s1. The van der Waals surface area contributed by atoms with Crippen LogP contribution in [0.1, 0.15) is 41.8 Å². The lowest BCUT2D eigenvalue weighted by Gasteiger charge is -2.19. The molecule has 2 rings (SSSR count). The van der Waals surface area contributed by atoms with Gasteiger partial charge in [-0.05, 0) is 12.8 Å². The molecule has 0 radical (unpaired) electrons. The van der Waals surface area contributed by atoms with Gasteiger partial charge in [-0.15, -0.1) is 0 Å². The fraction of sp³-hybridized carbons (Fsp3) is 0.583. The van der Waals surface area contributed by atoms with Crippen LogP contribution in [0.2, 0.25) is 0 Å². The van der Waals surface area contributed by atoms with Gasteiger partial charge in [-0.3, -0.25) is 4.79 Å². The zero-order valence-corrected chi connectivity index (χ0v) is 11.1. The first-order valence-electron chi connectivity index (χ1n) is 6.05. The van der Waals surface area contributed by atoms with Crippen LogP contribution in [0, 0.1) is 5.92 Å². The maximum atomic E-state index is 12.0. The van der Waals surface area contributed by atoms with Crippen molar-refractivity contribution in [3.63, 3.8) is 0 Å². The largest absolute Gasteiger partial charge is 0.465 e. The first-order chi connectivity index (χ1) is 8.70. The average molecular weight is 268 g/mol. The van der Waals surface area contributed by atoms with Crippen molar-refractivity contribution in [3.8, 4) is 0 Å². The molecule has 0 aliphatic heterocycles. The Morgan fingerprint density at radius 2 is 2.11 bits per heavy atom. The van der Waals surface area contributed by atoms with Crippen molar-refractivity contribution < 1.29 is 14.3 Å². The molecular formula is C12H16N2O3S. The van der Waals surface area contributed by atoms with E-state index in [-0.39, 0.29) is 11.8 Å².